The van der Waals surface area contributed by atoms with E-state index in [1.165, 1.54) is 7.11 Å². The molecular formula is C7H17NO5. The Morgan fingerprint density at radius 3 is 2.08 bits per heavy atom. The van der Waals surface area contributed by atoms with E-state index in [0.29, 0.717) is 0 Å². The summed E-state index contributed by atoms with van der Waals surface area (Å²) in [5.41, 5.74) is 5.07. The van der Waals surface area contributed by atoms with Crippen LogP contribution in [0, 0.1) is 0 Å². The largest absolute Gasteiger partial charge is 0.394 e. The lowest BCUT2D eigenvalue weighted by atomic mass is 10.0. The maximum Gasteiger partial charge on any atom is 0.111 e. The Morgan fingerprint density at radius 2 is 1.77 bits per heavy atom. The zero-order valence-electron chi connectivity index (χ0n) is 7.50. The van der Waals surface area contributed by atoms with Gasteiger partial charge in [-0.2, -0.15) is 0 Å². The summed E-state index contributed by atoms with van der Waals surface area (Å²) in [4.78, 5) is 0. The molecule has 0 fully saturated rings. The molecule has 6 heteroatoms. The summed E-state index contributed by atoms with van der Waals surface area (Å²) in [5.74, 6) is 0. The highest BCUT2D eigenvalue weighted by Gasteiger charge is 2.30. The molecule has 6 nitrogen and oxygen atoms in total. The summed E-state index contributed by atoms with van der Waals surface area (Å²) in [5, 5.41) is 36.3. The van der Waals surface area contributed by atoms with E-state index < -0.39 is 31.0 Å². The Hall–Kier alpha value is -0.240. The standard InChI is InChI=1S/C7H17NO5/c1-13-5(3-9)7(12)6(11)4(10)2-8/h4-7,9-12H,2-3,8H2,1H3. The van der Waals surface area contributed by atoms with Crippen LogP contribution in [-0.4, -0.2) is 65.1 Å². The van der Waals surface area contributed by atoms with Gasteiger partial charge in [0.05, 0.1) is 12.7 Å². The highest BCUT2D eigenvalue weighted by atomic mass is 16.5. The molecule has 0 saturated heterocycles. The quantitative estimate of drug-likeness (QED) is 0.309. The van der Waals surface area contributed by atoms with Crippen LogP contribution in [0.15, 0.2) is 0 Å². The van der Waals surface area contributed by atoms with Gasteiger partial charge in [0, 0.05) is 13.7 Å². The van der Waals surface area contributed by atoms with Gasteiger partial charge in [-0.05, 0) is 0 Å². The van der Waals surface area contributed by atoms with Crippen molar-refractivity contribution in [3.05, 3.63) is 0 Å². The summed E-state index contributed by atoms with van der Waals surface area (Å²) in [6, 6.07) is 0. The van der Waals surface area contributed by atoms with Gasteiger partial charge in [-0.1, -0.05) is 0 Å². The van der Waals surface area contributed by atoms with Crippen molar-refractivity contribution in [2.75, 3.05) is 20.3 Å². The van der Waals surface area contributed by atoms with Crippen LogP contribution in [0.5, 0.6) is 0 Å². The van der Waals surface area contributed by atoms with Crippen LogP contribution in [0.25, 0.3) is 0 Å². The second-order valence-corrected chi connectivity index (χ2v) is 2.74. The van der Waals surface area contributed by atoms with Gasteiger partial charge in [0.25, 0.3) is 0 Å². The van der Waals surface area contributed by atoms with Gasteiger partial charge >= 0.3 is 0 Å². The molecule has 0 bridgehead atoms. The lowest BCUT2D eigenvalue weighted by Crippen LogP contribution is -2.48. The van der Waals surface area contributed by atoms with Gasteiger partial charge in [-0.3, -0.25) is 0 Å². The minimum absolute atomic E-state index is 0.167. The fourth-order valence-corrected chi connectivity index (χ4v) is 0.909. The monoisotopic (exact) mass is 195 g/mol. The van der Waals surface area contributed by atoms with E-state index in [0.717, 1.165) is 0 Å². The Morgan fingerprint density at radius 1 is 1.23 bits per heavy atom. The zero-order chi connectivity index (χ0) is 10.4. The maximum absolute atomic E-state index is 9.33. The van der Waals surface area contributed by atoms with Crippen LogP contribution >= 0.6 is 0 Å². The molecule has 4 unspecified atom stereocenters. The third-order valence-corrected chi connectivity index (χ3v) is 1.85. The average molecular weight is 195 g/mol. The van der Waals surface area contributed by atoms with Crippen molar-refractivity contribution in [2.24, 2.45) is 5.73 Å². The first kappa shape index (κ1) is 12.8. The molecule has 13 heavy (non-hydrogen) atoms. The van der Waals surface area contributed by atoms with Gasteiger partial charge in [0.15, 0.2) is 0 Å². The highest BCUT2D eigenvalue weighted by Crippen LogP contribution is 2.06. The van der Waals surface area contributed by atoms with Crippen molar-refractivity contribution in [1.29, 1.82) is 0 Å². The molecule has 0 aromatic heterocycles. The number of hydrogen-bond acceptors (Lipinski definition) is 6. The molecule has 0 aliphatic rings. The summed E-state index contributed by atoms with van der Waals surface area (Å²) in [7, 11) is 1.28. The van der Waals surface area contributed by atoms with E-state index in [1.54, 1.807) is 0 Å². The molecule has 0 rings (SSSR count). The van der Waals surface area contributed by atoms with Crippen LogP contribution < -0.4 is 5.73 Å². The molecule has 0 aliphatic carbocycles. The van der Waals surface area contributed by atoms with Crippen LogP contribution in [0.1, 0.15) is 0 Å². The first-order chi connectivity index (χ1) is 6.08. The lowest BCUT2D eigenvalue weighted by molar-refractivity contribution is -0.123. The second-order valence-electron chi connectivity index (χ2n) is 2.74. The van der Waals surface area contributed by atoms with Crippen molar-refractivity contribution in [1.82, 2.24) is 0 Å². The van der Waals surface area contributed by atoms with Crippen molar-refractivity contribution < 1.29 is 25.2 Å². The number of nitrogens with two attached hydrogens (primary N) is 1. The second kappa shape index (κ2) is 6.25. The Bertz CT molecular complexity index is 130. The van der Waals surface area contributed by atoms with E-state index in [9.17, 15) is 10.2 Å². The van der Waals surface area contributed by atoms with Crippen molar-refractivity contribution in [2.45, 2.75) is 24.4 Å². The SMILES string of the molecule is COC(CO)C(O)C(O)C(O)CN. The van der Waals surface area contributed by atoms with Crippen molar-refractivity contribution in [3.8, 4) is 0 Å². The summed E-state index contributed by atoms with van der Waals surface area (Å²) in [6.45, 7) is -0.605. The molecule has 6 N–H and O–H groups in total. The average Bonchev–Trinajstić information content (AvgIpc) is 2.17. The molecule has 4 atom stereocenters. The Labute approximate surface area is 76.6 Å². The molecule has 0 amide bonds. The minimum atomic E-state index is -1.41. The highest BCUT2D eigenvalue weighted by molar-refractivity contribution is 4.81. The predicted octanol–water partition coefficient (Wildman–Crippen LogP) is -2.96. The number of ether oxygens (including phenoxy) is 1. The molecule has 0 aromatic rings. The number of aliphatic hydroxyl groups excluding tert-OH is 4. The van der Waals surface area contributed by atoms with E-state index in [-0.39, 0.29) is 6.54 Å². The third-order valence-electron chi connectivity index (χ3n) is 1.85. The number of rotatable bonds is 6. The van der Waals surface area contributed by atoms with E-state index in [2.05, 4.69) is 4.74 Å². The Balaban J connectivity index is 4.13. The fourth-order valence-electron chi connectivity index (χ4n) is 0.909. The van der Waals surface area contributed by atoms with Gasteiger partial charge in [0.2, 0.25) is 0 Å². The van der Waals surface area contributed by atoms with Crippen molar-refractivity contribution in [3.63, 3.8) is 0 Å². The van der Waals surface area contributed by atoms with Crippen LogP contribution in [0.3, 0.4) is 0 Å². The summed E-state index contributed by atoms with van der Waals surface area (Å²) >= 11 is 0. The van der Waals surface area contributed by atoms with E-state index in [1.807, 2.05) is 0 Å². The summed E-state index contributed by atoms with van der Waals surface area (Å²) < 4.78 is 4.67. The van der Waals surface area contributed by atoms with Crippen LogP contribution in [0.4, 0.5) is 0 Å². The normalized spacial score (nSPS) is 20.8. The topological polar surface area (TPSA) is 116 Å². The molecule has 80 valence electrons. The molecule has 0 saturated carbocycles. The third kappa shape index (κ3) is 3.55. The molecule has 0 aliphatic heterocycles. The fraction of sp³-hybridized carbons (Fsp3) is 1.00. The smallest absolute Gasteiger partial charge is 0.111 e. The van der Waals surface area contributed by atoms with E-state index >= 15 is 0 Å². The van der Waals surface area contributed by atoms with Gasteiger partial charge in [-0.25, -0.2) is 0 Å². The Kier molecular flexibility index (Phi) is 6.13. The first-order valence-corrected chi connectivity index (χ1v) is 3.96. The van der Waals surface area contributed by atoms with Crippen molar-refractivity contribution >= 4 is 0 Å². The molecule has 0 aromatic carbocycles. The zero-order valence-corrected chi connectivity index (χ0v) is 7.50. The minimum Gasteiger partial charge on any atom is -0.394 e. The van der Waals surface area contributed by atoms with Gasteiger partial charge < -0.3 is 30.9 Å². The molecule has 0 spiro atoms. The lowest BCUT2D eigenvalue weighted by Gasteiger charge is -2.26. The van der Waals surface area contributed by atoms with Crippen LogP contribution in [-0.2, 0) is 4.74 Å². The first-order valence-electron chi connectivity index (χ1n) is 3.96. The number of aliphatic hydroxyl groups is 4. The van der Waals surface area contributed by atoms with Gasteiger partial charge in [-0.15, -0.1) is 0 Å². The van der Waals surface area contributed by atoms with E-state index in [4.69, 9.17) is 15.9 Å². The predicted molar refractivity (Wildman–Crippen MR) is 45.0 cm³/mol. The number of hydrogen-bond donors (Lipinski definition) is 5. The van der Waals surface area contributed by atoms with Gasteiger partial charge in [0.1, 0.15) is 18.3 Å². The number of methoxy groups -OCH3 is 1. The molecule has 0 heterocycles. The maximum atomic E-state index is 9.33. The molecule has 0 radical (unpaired) electrons. The van der Waals surface area contributed by atoms with Crippen LogP contribution in [0.2, 0.25) is 0 Å². The summed E-state index contributed by atoms with van der Waals surface area (Å²) in [6.07, 6.45) is -4.91. The molecular weight excluding hydrogens is 178 g/mol.